The van der Waals surface area contributed by atoms with E-state index in [-0.39, 0.29) is 10.8 Å². The summed E-state index contributed by atoms with van der Waals surface area (Å²) >= 11 is 0. The van der Waals surface area contributed by atoms with Gasteiger partial charge < -0.3 is 10.4 Å². The monoisotopic (exact) mass is 430 g/mol. The fourth-order valence-corrected chi connectivity index (χ4v) is 3.60. The van der Waals surface area contributed by atoms with Crippen molar-refractivity contribution in [1.29, 1.82) is 0 Å². The number of hydrogen-bond donors (Lipinski definition) is 3. The number of carboxylic acids is 1. The van der Waals surface area contributed by atoms with E-state index in [0.29, 0.717) is 24.2 Å². The molecular formula is C18H17F3N2O5S. The Morgan fingerprint density at radius 1 is 1.14 bits per heavy atom. The highest BCUT2D eigenvalue weighted by Crippen LogP contribution is 2.27. The Morgan fingerprint density at radius 3 is 2.34 bits per heavy atom. The lowest BCUT2D eigenvalue weighted by Crippen LogP contribution is -2.21. The third kappa shape index (κ3) is 5.95. The van der Waals surface area contributed by atoms with Crippen LogP contribution in [0.4, 0.5) is 24.5 Å². The zero-order valence-electron chi connectivity index (χ0n) is 15.1. The number of anilines is 2. The number of rotatable bonds is 3. The molecule has 0 aromatic heterocycles. The van der Waals surface area contributed by atoms with Crippen molar-refractivity contribution in [3.63, 3.8) is 0 Å². The molecule has 2 aromatic carbocycles. The van der Waals surface area contributed by atoms with Gasteiger partial charge in [-0.1, -0.05) is 18.2 Å². The summed E-state index contributed by atoms with van der Waals surface area (Å²) in [5.41, 5.74) is 2.95. The summed E-state index contributed by atoms with van der Waals surface area (Å²) in [6.07, 6.45) is -4.16. The van der Waals surface area contributed by atoms with E-state index >= 15 is 0 Å². The Hall–Kier alpha value is -3.08. The minimum Gasteiger partial charge on any atom is -0.475 e. The quantitative estimate of drug-likeness (QED) is 0.692. The van der Waals surface area contributed by atoms with Gasteiger partial charge in [0.05, 0.1) is 10.6 Å². The van der Waals surface area contributed by atoms with E-state index < -0.39 is 22.2 Å². The van der Waals surface area contributed by atoms with Gasteiger partial charge in [-0.3, -0.25) is 9.52 Å². The van der Waals surface area contributed by atoms with Gasteiger partial charge in [0.2, 0.25) is 5.91 Å². The first-order chi connectivity index (χ1) is 13.4. The van der Waals surface area contributed by atoms with Crippen molar-refractivity contribution in [3.8, 4) is 0 Å². The van der Waals surface area contributed by atoms with Crippen LogP contribution in [-0.4, -0.2) is 31.6 Å². The normalized spacial score (nSPS) is 13.4. The van der Waals surface area contributed by atoms with Crippen molar-refractivity contribution < 1.29 is 36.3 Å². The second-order valence-electron chi connectivity index (χ2n) is 6.09. The third-order valence-electron chi connectivity index (χ3n) is 3.91. The van der Waals surface area contributed by atoms with Gasteiger partial charge in [0, 0.05) is 12.1 Å². The van der Waals surface area contributed by atoms with Gasteiger partial charge in [0.1, 0.15) is 0 Å². The highest BCUT2D eigenvalue weighted by molar-refractivity contribution is 7.92. The number of benzene rings is 2. The number of carboxylic acid groups (broad SMARTS) is 1. The number of sulfonamides is 1. The molecule has 0 radical (unpaired) electrons. The molecule has 1 amide bonds. The molecule has 0 saturated carbocycles. The van der Waals surface area contributed by atoms with Gasteiger partial charge in [-0.15, -0.1) is 0 Å². The molecule has 3 N–H and O–H groups in total. The van der Waals surface area contributed by atoms with Crippen molar-refractivity contribution in [2.24, 2.45) is 0 Å². The number of aliphatic carboxylic acids is 1. The Kier molecular flexibility index (Phi) is 6.52. The Morgan fingerprint density at radius 2 is 1.76 bits per heavy atom. The Balaban J connectivity index is 0.000000370. The van der Waals surface area contributed by atoms with Gasteiger partial charge in [-0.25, -0.2) is 13.2 Å². The average Bonchev–Trinajstić information content (AvgIpc) is 2.62. The summed E-state index contributed by atoms with van der Waals surface area (Å²) in [4.78, 5) is 20.4. The molecule has 156 valence electrons. The highest BCUT2D eigenvalue weighted by atomic mass is 32.2. The number of aryl methyl sites for hydroxylation is 2. The van der Waals surface area contributed by atoms with Gasteiger partial charge in [0.25, 0.3) is 10.0 Å². The number of halogens is 3. The summed E-state index contributed by atoms with van der Waals surface area (Å²) in [5.74, 6) is -2.80. The average molecular weight is 430 g/mol. The third-order valence-corrected chi connectivity index (χ3v) is 5.28. The summed E-state index contributed by atoms with van der Waals surface area (Å²) in [6, 6.07) is 12.0. The number of fused-ring (bicyclic) bond motifs is 1. The van der Waals surface area contributed by atoms with Crippen LogP contribution in [0.1, 0.15) is 17.5 Å². The van der Waals surface area contributed by atoms with E-state index in [1.54, 1.807) is 24.3 Å². The van der Waals surface area contributed by atoms with Crippen molar-refractivity contribution >= 4 is 33.3 Å². The van der Waals surface area contributed by atoms with E-state index in [9.17, 15) is 26.4 Å². The zero-order valence-corrected chi connectivity index (χ0v) is 15.9. The smallest absolute Gasteiger partial charge is 0.475 e. The lowest BCUT2D eigenvalue weighted by atomic mass is 10.0. The molecule has 7 nitrogen and oxygen atoms in total. The number of amides is 1. The summed E-state index contributed by atoms with van der Waals surface area (Å²) in [7, 11) is -3.65. The number of hydrogen-bond acceptors (Lipinski definition) is 4. The SMILES string of the molecule is Cc1ccccc1NS(=O)(=O)c1ccc2c(c1)CCC(=O)N2.O=C(O)C(F)(F)F. The summed E-state index contributed by atoms with van der Waals surface area (Å²) in [6.45, 7) is 1.85. The molecule has 3 rings (SSSR count). The van der Waals surface area contributed by atoms with Crippen LogP contribution in [0.5, 0.6) is 0 Å². The summed E-state index contributed by atoms with van der Waals surface area (Å²) in [5, 5.41) is 9.87. The number of nitrogens with one attached hydrogen (secondary N) is 2. The fourth-order valence-electron chi connectivity index (χ4n) is 2.42. The minimum atomic E-state index is -5.08. The second-order valence-corrected chi connectivity index (χ2v) is 7.77. The highest BCUT2D eigenvalue weighted by Gasteiger charge is 2.38. The number of alkyl halides is 3. The van der Waals surface area contributed by atoms with Gasteiger partial charge >= 0.3 is 12.1 Å². The van der Waals surface area contributed by atoms with Crippen LogP contribution in [0, 0.1) is 6.92 Å². The standard InChI is InChI=1S/C16H16N2O3S.C2HF3O2/c1-11-4-2-3-5-14(11)18-22(20,21)13-7-8-15-12(10-13)6-9-16(19)17-15;3-2(4,5)1(6)7/h2-5,7-8,10,18H,6,9H2,1H3,(H,17,19);(H,6,7). The predicted molar refractivity (Wildman–Crippen MR) is 99.1 cm³/mol. The topological polar surface area (TPSA) is 113 Å². The maximum Gasteiger partial charge on any atom is 0.490 e. The van der Waals surface area contributed by atoms with Crippen molar-refractivity contribution in [3.05, 3.63) is 53.6 Å². The first-order valence-electron chi connectivity index (χ1n) is 8.21. The van der Waals surface area contributed by atoms with Crippen LogP contribution in [0.15, 0.2) is 47.4 Å². The summed E-state index contributed by atoms with van der Waals surface area (Å²) < 4.78 is 59.4. The maximum absolute atomic E-state index is 12.5. The molecule has 11 heteroatoms. The fraction of sp³-hybridized carbons (Fsp3) is 0.222. The molecule has 0 fully saturated rings. The van der Waals surface area contributed by atoms with Gasteiger partial charge in [0.15, 0.2) is 0 Å². The van der Waals surface area contributed by atoms with Crippen LogP contribution in [-0.2, 0) is 26.0 Å². The zero-order chi connectivity index (χ0) is 21.8. The minimum absolute atomic E-state index is 0.0406. The molecule has 1 aliphatic heterocycles. The van der Waals surface area contributed by atoms with Crippen LogP contribution >= 0.6 is 0 Å². The van der Waals surface area contributed by atoms with Crippen LogP contribution in [0.25, 0.3) is 0 Å². The molecule has 29 heavy (non-hydrogen) atoms. The second kappa shape index (κ2) is 8.52. The van der Waals surface area contributed by atoms with Crippen molar-refractivity contribution in [2.75, 3.05) is 10.0 Å². The predicted octanol–water partition coefficient (Wildman–Crippen LogP) is 3.31. The largest absolute Gasteiger partial charge is 0.490 e. The Labute approximate surface area is 164 Å². The van der Waals surface area contributed by atoms with Crippen LogP contribution < -0.4 is 10.0 Å². The van der Waals surface area contributed by atoms with E-state index in [1.165, 1.54) is 6.07 Å². The number of para-hydroxylation sites is 1. The van der Waals surface area contributed by atoms with E-state index in [1.807, 2.05) is 19.1 Å². The molecule has 0 atom stereocenters. The molecule has 0 saturated heterocycles. The molecule has 0 unspecified atom stereocenters. The molecule has 1 aliphatic rings. The molecule has 2 aromatic rings. The van der Waals surface area contributed by atoms with Crippen LogP contribution in [0.3, 0.4) is 0 Å². The first-order valence-corrected chi connectivity index (χ1v) is 9.70. The lowest BCUT2D eigenvalue weighted by molar-refractivity contribution is -0.192. The van der Waals surface area contributed by atoms with E-state index in [0.717, 1.165) is 11.1 Å². The van der Waals surface area contributed by atoms with Crippen LogP contribution in [0.2, 0.25) is 0 Å². The van der Waals surface area contributed by atoms with E-state index in [2.05, 4.69) is 10.0 Å². The van der Waals surface area contributed by atoms with Crippen molar-refractivity contribution in [1.82, 2.24) is 0 Å². The maximum atomic E-state index is 12.5. The van der Waals surface area contributed by atoms with E-state index in [4.69, 9.17) is 9.90 Å². The first kappa shape index (κ1) is 22.2. The lowest BCUT2D eigenvalue weighted by Gasteiger charge is -2.18. The molecule has 1 heterocycles. The van der Waals surface area contributed by atoms with Gasteiger partial charge in [-0.05, 0) is 48.7 Å². The molecule has 0 bridgehead atoms. The number of carbonyl (C=O) groups is 2. The number of carbonyl (C=O) groups excluding carboxylic acids is 1. The molecule has 0 spiro atoms. The molecular weight excluding hydrogens is 413 g/mol. The molecule has 0 aliphatic carbocycles. The van der Waals surface area contributed by atoms with Gasteiger partial charge in [-0.2, -0.15) is 13.2 Å². The van der Waals surface area contributed by atoms with Crippen molar-refractivity contribution in [2.45, 2.75) is 30.8 Å². The Bertz CT molecular complexity index is 1040.